The molecule has 0 aliphatic rings. The quantitative estimate of drug-likeness (QED) is 0.653. The van der Waals surface area contributed by atoms with Crippen LogP contribution in [0.2, 0.25) is 0 Å². The maximum Gasteiger partial charge on any atom is 0.196 e. The number of carbonyl (C=O) groups excluding carboxylic acids is 1. The van der Waals surface area contributed by atoms with Crippen LogP contribution in [0.4, 0.5) is 0 Å². The third-order valence-electron chi connectivity index (χ3n) is 4.16. The van der Waals surface area contributed by atoms with Crippen molar-refractivity contribution in [1.82, 2.24) is 0 Å². The van der Waals surface area contributed by atoms with Crippen molar-refractivity contribution >= 4 is 5.78 Å². The van der Waals surface area contributed by atoms with Crippen LogP contribution in [0.5, 0.6) is 5.75 Å². The standard InChI is InChI=1S/C22H20O2/c1-15(2)18-13-19(16-9-5-3-6-10-16)22(24)20(14-18)21(23)17-11-7-4-8-12-17/h3-15,24H,1-2H3. The Balaban J connectivity index is 2.19. The average molecular weight is 316 g/mol. The van der Waals surface area contributed by atoms with Crippen LogP contribution in [-0.4, -0.2) is 10.9 Å². The number of hydrogen-bond acceptors (Lipinski definition) is 2. The van der Waals surface area contributed by atoms with Crippen LogP contribution in [-0.2, 0) is 0 Å². The maximum absolute atomic E-state index is 12.9. The lowest BCUT2D eigenvalue weighted by Crippen LogP contribution is -2.04. The number of hydrogen-bond donors (Lipinski definition) is 1. The Kier molecular flexibility index (Phi) is 4.48. The Labute approximate surface area is 142 Å². The molecular formula is C22H20O2. The Morgan fingerprint density at radius 3 is 2.04 bits per heavy atom. The average Bonchev–Trinajstić information content (AvgIpc) is 2.62. The van der Waals surface area contributed by atoms with Crippen LogP contribution < -0.4 is 0 Å². The molecule has 0 spiro atoms. The fraction of sp³-hybridized carbons (Fsp3) is 0.136. The maximum atomic E-state index is 12.9. The van der Waals surface area contributed by atoms with E-state index in [2.05, 4.69) is 13.8 Å². The summed E-state index contributed by atoms with van der Waals surface area (Å²) in [5.74, 6) is 0.141. The van der Waals surface area contributed by atoms with E-state index in [0.717, 1.165) is 11.1 Å². The van der Waals surface area contributed by atoms with E-state index in [0.29, 0.717) is 16.7 Å². The summed E-state index contributed by atoms with van der Waals surface area (Å²) in [5.41, 5.74) is 3.56. The summed E-state index contributed by atoms with van der Waals surface area (Å²) in [6.07, 6.45) is 0. The topological polar surface area (TPSA) is 37.3 Å². The zero-order valence-electron chi connectivity index (χ0n) is 13.9. The minimum Gasteiger partial charge on any atom is -0.507 e. The van der Waals surface area contributed by atoms with E-state index >= 15 is 0 Å². The third-order valence-corrected chi connectivity index (χ3v) is 4.16. The van der Waals surface area contributed by atoms with E-state index in [9.17, 15) is 9.90 Å². The number of rotatable bonds is 4. The first-order valence-electron chi connectivity index (χ1n) is 8.10. The number of phenolic OH excluding ortho intramolecular Hbond substituents is 1. The normalized spacial score (nSPS) is 10.8. The van der Waals surface area contributed by atoms with Gasteiger partial charge in [-0.3, -0.25) is 4.79 Å². The summed E-state index contributed by atoms with van der Waals surface area (Å²) in [5, 5.41) is 10.8. The van der Waals surface area contributed by atoms with Crippen molar-refractivity contribution in [2.45, 2.75) is 19.8 Å². The molecule has 0 bridgehead atoms. The second-order valence-corrected chi connectivity index (χ2v) is 6.18. The van der Waals surface area contributed by atoms with Crippen molar-refractivity contribution < 1.29 is 9.90 Å². The SMILES string of the molecule is CC(C)c1cc(C(=O)c2ccccc2)c(O)c(-c2ccccc2)c1. The number of ketones is 1. The predicted octanol–water partition coefficient (Wildman–Crippen LogP) is 5.41. The summed E-state index contributed by atoms with van der Waals surface area (Å²) in [7, 11) is 0. The molecule has 0 aliphatic heterocycles. The number of phenols is 1. The van der Waals surface area contributed by atoms with Crippen molar-refractivity contribution in [3.63, 3.8) is 0 Å². The van der Waals surface area contributed by atoms with Gasteiger partial charge in [-0.25, -0.2) is 0 Å². The van der Waals surface area contributed by atoms with E-state index in [4.69, 9.17) is 0 Å². The molecule has 0 unspecified atom stereocenters. The molecule has 3 rings (SSSR count). The van der Waals surface area contributed by atoms with E-state index in [1.165, 1.54) is 0 Å². The number of aromatic hydroxyl groups is 1. The lowest BCUT2D eigenvalue weighted by atomic mass is 9.90. The van der Waals surface area contributed by atoms with Crippen molar-refractivity contribution in [3.05, 3.63) is 89.5 Å². The van der Waals surface area contributed by atoms with Gasteiger partial charge < -0.3 is 5.11 Å². The molecule has 0 fully saturated rings. The van der Waals surface area contributed by atoms with E-state index in [1.807, 2.05) is 60.7 Å². The van der Waals surface area contributed by atoms with Crippen LogP contribution in [0, 0.1) is 0 Å². The molecule has 0 aliphatic carbocycles. The highest BCUT2D eigenvalue weighted by atomic mass is 16.3. The predicted molar refractivity (Wildman–Crippen MR) is 97.5 cm³/mol. The lowest BCUT2D eigenvalue weighted by Gasteiger charge is -2.15. The molecule has 0 aromatic heterocycles. The molecule has 1 N–H and O–H groups in total. The van der Waals surface area contributed by atoms with Crippen molar-refractivity contribution in [3.8, 4) is 16.9 Å². The van der Waals surface area contributed by atoms with Gasteiger partial charge in [0.25, 0.3) is 0 Å². The number of benzene rings is 3. The first-order valence-corrected chi connectivity index (χ1v) is 8.10. The van der Waals surface area contributed by atoms with Gasteiger partial charge in [-0.1, -0.05) is 74.5 Å². The van der Waals surface area contributed by atoms with Crippen LogP contribution in [0.1, 0.15) is 41.3 Å². The van der Waals surface area contributed by atoms with Gasteiger partial charge >= 0.3 is 0 Å². The van der Waals surface area contributed by atoms with Gasteiger partial charge in [0.15, 0.2) is 5.78 Å². The fourth-order valence-electron chi connectivity index (χ4n) is 2.75. The van der Waals surface area contributed by atoms with Gasteiger partial charge in [-0.2, -0.15) is 0 Å². The summed E-state index contributed by atoms with van der Waals surface area (Å²) in [6, 6.07) is 22.5. The van der Waals surface area contributed by atoms with Crippen LogP contribution in [0.3, 0.4) is 0 Å². The summed E-state index contributed by atoms with van der Waals surface area (Å²) >= 11 is 0. The minimum atomic E-state index is -0.159. The molecule has 3 aromatic carbocycles. The first kappa shape index (κ1) is 16.0. The van der Waals surface area contributed by atoms with Gasteiger partial charge in [-0.15, -0.1) is 0 Å². The third kappa shape index (κ3) is 3.09. The van der Waals surface area contributed by atoms with Gasteiger partial charge in [0, 0.05) is 11.1 Å². The monoisotopic (exact) mass is 316 g/mol. The molecule has 0 radical (unpaired) electrons. The highest BCUT2D eigenvalue weighted by molar-refractivity contribution is 6.11. The van der Waals surface area contributed by atoms with E-state index < -0.39 is 0 Å². The largest absolute Gasteiger partial charge is 0.507 e. The minimum absolute atomic E-state index is 0.0412. The van der Waals surface area contributed by atoms with Gasteiger partial charge in [0.1, 0.15) is 5.75 Å². The molecule has 0 atom stereocenters. The molecule has 2 nitrogen and oxygen atoms in total. The van der Waals surface area contributed by atoms with E-state index in [-0.39, 0.29) is 17.5 Å². The molecule has 2 heteroatoms. The number of carbonyl (C=O) groups is 1. The molecule has 0 saturated carbocycles. The zero-order valence-corrected chi connectivity index (χ0v) is 13.9. The highest BCUT2D eigenvalue weighted by Gasteiger charge is 2.19. The zero-order chi connectivity index (χ0) is 17.1. The van der Waals surface area contributed by atoms with Gasteiger partial charge in [-0.05, 0) is 29.2 Å². The summed E-state index contributed by atoms with van der Waals surface area (Å²) in [6.45, 7) is 4.16. The van der Waals surface area contributed by atoms with Crippen LogP contribution in [0.15, 0.2) is 72.8 Å². The molecular weight excluding hydrogens is 296 g/mol. The molecule has 24 heavy (non-hydrogen) atoms. The summed E-state index contributed by atoms with van der Waals surface area (Å²) in [4.78, 5) is 12.9. The molecule has 3 aromatic rings. The van der Waals surface area contributed by atoms with Gasteiger partial charge in [0.05, 0.1) is 5.56 Å². The Bertz CT molecular complexity index is 850. The Hall–Kier alpha value is -2.87. The smallest absolute Gasteiger partial charge is 0.196 e. The van der Waals surface area contributed by atoms with Crippen molar-refractivity contribution in [1.29, 1.82) is 0 Å². The van der Waals surface area contributed by atoms with Crippen LogP contribution >= 0.6 is 0 Å². The summed E-state index contributed by atoms with van der Waals surface area (Å²) < 4.78 is 0. The molecule has 0 saturated heterocycles. The van der Waals surface area contributed by atoms with Gasteiger partial charge in [0.2, 0.25) is 0 Å². The second kappa shape index (κ2) is 6.71. The van der Waals surface area contributed by atoms with Crippen molar-refractivity contribution in [2.75, 3.05) is 0 Å². The first-order chi connectivity index (χ1) is 11.6. The molecule has 120 valence electrons. The Morgan fingerprint density at radius 2 is 1.46 bits per heavy atom. The molecule has 0 heterocycles. The van der Waals surface area contributed by atoms with Crippen LogP contribution in [0.25, 0.3) is 11.1 Å². The molecule has 0 amide bonds. The van der Waals surface area contributed by atoms with Crippen molar-refractivity contribution in [2.24, 2.45) is 0 Å². The second-order valence-electron chi connectivity index (χ2n) is 6.18. The van der Waals surface area contributed by atoms with E-state index in [1.54, 1.807) is 12.1 Å². The lowest BCUT2D eigenvalue weighted by molar-refractivity contribution is 0.103. The fourth-order valence-corrected chi connectivity index (χ4v) is 2.75. The Morgan fingerprint density at radius 1 is 0.875 bits per heavy atom. The highest BCUT2D eigenvalue weighted by Crippen LogP contribution is 2.36.